The van der Waals surface area contributed by atoms with Crippen LogP contribution in [0.4, 0.5) is 5.69 Å². The Hall–Kier alpha value is -2.15. The minimum absolute atomic E-state index is 0.0200. The lowest BCUT2D eigenvalue weighted by Crippen LogP contribution is -2.34. The summed E-state index contributed by atoms with van der Waals surface area (Å²) in [6, 6.07) is 7.35. The molecule has 1 aromatic carbocycles. The minimum atomic E-state index is -0.404. The Morgan fingerprint density at radius 2 is 1.92 bits per heavy atom. The Kier molecular flexibility index (Phi) is 8.78. The first-order chi connectivity index (χ1) is 11.4. The second kappa shape index (κ2) is 10.6. The lowest BCUT2D eigenvalue weighted by Gasteiger charge is -2.15. The summed E-state index contributed by atoms with van der Waals surface area (Å²) < 4.78 is 10.5. The van der Waals surface area contributed by atoms with E-state index in [1.807, 2.05) is 24.3 Å². The van der Waals surface area contributed by atoms with Gasteiger partial charge in [-0.25, -0.2) is 0 Å². The van der Waals surface area contributed by atoms with Crippen molar-refractivity contribution >= 4 is 34.9 Å². The molecule has 0 aliphatic rings. The highest BCUT2D eigenvalue weighted by Crippen LogP contribution is 2.24. The van der Waals surface area contributed by atoms with Crippen LogP contribution in [0.2, 0.25) is 0 Å². The fourth-order valence-corrected chi connectivity index (χ4v) is 1.97. The number of esters is 1. The molecule has 1 amide bonds. The third-order valence-electron chi connectivity index (χ3n) is 2.82. The molecule has 0 unspecified atom stereocenters. The molecule has 0 atom stereocenters. The first kappa shape index (κ1) is 19.9. The minimum Gasteiger partial charge on any atom is -0.491 e. The fraction of sp³-hybridized carbons (Fsp3) is 0.471. The van der Waals surface area contributed by atoms with E-state index in [4.69, 9.17) is 21.7 Å². The Morgan fingerprint density at radius 3 is 2.58 bits per heavy atom. The van der Waals surface area contributed by atoms with Crippen molar-refractivity contribution in [1.82, 2.24) is 5.32 Å². The van der Waals surface area contributed by atoms with Crippen molar-refractivity contribution in [3.05, 3.63) is 24.3 Å². The molecule has 0 radical (unpaired) electrons. The number of anilines is 1. The van der Waals surface area contributed by atoms with Gasteiger partial charge >= 0.3 is 5.97 Å². The van der Waals surface area contributed by atoms with E-state index >= 15 is 0 Å². The molecule has 0 saturated heterocycles. The van der Waals surface area contributed by atoms with Crippen LogP contribution in [0.3, 0.4) is 0 Å². The second-order valence-corrected chi connectivity index (χ2v) is 5.92. The van der Waals surface area contributed by atoms with E-state index in [1.165, 1.54) is 0 Å². The fourth-order valence-electron chi connectivity index (χ4n) is 1.74. The highest BCUT2D eigenvalue weighted by Gasteiger charge is 2.11. The Bertz CT molecular complexity index is 575. The monoisotopic (exact) mass is 352 g/mol. The highest BCUT2D eigenvalue weighted by molar-refractivity contribution is 7.80. The number of amides is 1. The van der Waals surface area contributed by atoms with Crippen molar-refractivity contribution in [1.29, 1.82) is 0 Å². The molecule has 0 fully saturated rings. The van der Waals surface area contributed by atoms with Crippen molar-refractivity contribution in [3.8, 4) is 5.75 Å². The zero-order chi connectivity index (χ0) is 17.9. The average Bonchev–Trinajstić information content (AvgIpc) is 2.52. The van der Waals surface area contributed by atoms with E-state index in [2.05, 4.69) is 24.5 Å². The normalized spacial score (nSPS) is 10.2. The Morgan fingerprint density at radius 1 is 1.21 bits per heavy atom. The maximum Gasteiger partial charge on any atom is 0.306 e. The van der Waals surface area contributed by atoms with Gasteiger partial charge in [-0.3, -0.25) is 9.59 Å². The van der Waals surface area contributed by atoms with Gasteiger partial charge in [0, 0.05) is 6.42 Å². The zero-order valence-electron chi connectivity index (χ0n) is 14.3. The van der Waals surface area contributed by atoms with Crippen LogP contribution >= 0.6 is 12.2 Å². The highest BCUT2D eigenvalue weighted by atomic mass is 32.1. The first-order valence-corrected chi connectivity index (χ1v) is 8.31. The quantitative estimate of drug-likeness (QED) is 0.553. The Balaban J connectivity index is 2.50. The molecule has 0 aromatic heterocycles. The predicted octanol–water partition coefficient (Wildman–Crippen LogP) is 2.88. The van der Waals surface area contributed by atoms with E-state index in [0.29, 0.717) is 30.6 Å². The smallest absolute Gasteiger partial charge is 0.306 e. The number of hydrogen-bond acceptors (Lipinski definition) is 5. The molecule has 0 aliphatic heterocycles. The number of nitrogens with one attached hydrogen (secondary N) is 2. The number of hydrogen-bond donors (Lipinski definition) is 2. The third-order valence-corrected chi connectivity index (χ3v) is 3.03. The largest absolute Gasteiger partial charge is 0.491 e. The van der Waals surface area contributed by atoms with E-state index in [9.17, 15) is 9.59 Å². The first-order valence-electron chi connectivity index (χ1n) is 7.90. The van der Waals surface area contributed by atoms with Gasteiger partial charge in [-0.15, -0.1) is 0 Å². The van der Waals surface area contributed by atoms with Gasteiger partial charge in [-0.1, -0.05) is 26.0 Å². The van der Waals surface area contributed by atoms with Gasteiger partial charge in [0.15, 0.2) is 5.11 Å². The van der Waals surface area contributed by atoms with Crippen LogP contribution in [-0.2, 0) is 14.3 Å². The number of carbonyl (C=O) groups excluding carboxylic acids is 2. The summed E-state index contributed by atoms with van der Waals surface area (Å²) >= 11 is 5.12. The number of benzene rings is 1. The molecule has 0 bridgehead atoms. The zero-order valence-corrected chi connectivity index (χ0v) is 15.1. The molecule has 7 heteroatoms. The molecule has 0 saturated carbocycles. The van der Waals surface area contributed by atoms with Gasteiger partial charge in [-0.2, -0.15) is 0 Å². The lowest BCUT2D eigenvalue weighted by atomic mass is 10.2. The van der Waals surface area contributed by atoms with Crippen LogP contribution < -0.4 is 15.4 Å². The molecular formula is C17H24N2O4S. The topological polar surface area (TPSA) is 76.7 Å². The molecule has 2 N–H and O–H groups in total. The summed E-state index contributed by atoms with van der Waals surface area (Å²) in [7, 11) is 0. The van der Waals surface area contributed by atoms with E-state index in [1.54, 1.807) is 6.92 Å². The van der Waals surface area contributed by atoms with Crippen LogP contribution in [0.1, 0.15) is 33.6 Å². The average molecular weight is 352 g/mol. The van der Waals surface area contributed by atoms with Crippen molar-refractivity contribution in [3.63, 3.8) is 0 Å². The number of thiocarbonyl (C=S) groups is 1. The number of rotatable bonds is 8. The maximum atomic E-state index is 11.8. The van der Waals surface area contributed by atoms with Crippen LogP contribution in [-0.4, -0.2) is 30.2 Å². The molecule has 0 spiro atoms. The SMILES string of the molecule is CCOC(=O)CCC(=O)NC(=S)Nc1ccccc1OCC(C)C. The molecule has 24 heavy (non-hydrogen) atoms. The molecule has 0 heterocycles. The standard InChI is InChI=1S/C17H24N2O4S/c1-4-22-16(21)10-9-15(20)19-17(24)18-13-7-5-6-8-14(13)23-11-12(2)3/h5-8,12H,4,9-11H2,1-3H3,(H2,18,19,20,24). The number of carbonyl (C=O) groups is 2. The summed E-state index contributed by atoms with van der Waals surface area (Å²) in [5, 5.41) is 5.63. The molecule has 1 aromatic rings. The van der Waals surface area contributed by atoms with Crippen LogP contribution in [0.15, 0.2) is 24.3 Å². The number of para-hydroxylation sites is 2. The van der Waals surface area contributed by atoms with Crippen molar-refractivity contribution < 1.29 is 19.1 Å². The van der Waals surface area contributed by atoms with Crippen molar-refractivity contribution in [2.24, 2.45) is 5.92 Å². The summed E-state index contributed by atoms with van der Waals surface area (Å²) in [6.45, 7) is 6.72. The maximum absolute atomic E-state index is 11.8. The lowest BCUT2D eigenvalue weighted by molar-refractivity contribution is -0.144. The third kappa shape index (κ3) is 7.92. The van der Waals surface area contributed by atoms with Gasteiger partial charge < -0.3 is 20.1 Å². The van der Waals surface area contributed by atoms with Gasteiger partial charge in [0.2, 0.25) is 5.91 Å². The molecular weight excluding hydrogens is 328 g/mol. The second-order valence-electron chi connectivity index (χ2n) is 5.51. The number of ether oxygens (including phenoxy) is 2. The Labute approximate surface area is 147 Å². The van der Waals surface area contributed by atoms with Crippen LogP contribution in [0.25, 0.3) is 0 Å². The molecule has 1 rings (SSSR count). The molecule has 132 valence electrons. The van der Waals surface area contributed by atoms with E-state index < -0.39 is 5.97 Å². The summed E-state index contributed by atoms with van der Waals surface area (Å²) in [4.78, 5) is 23.0. The summed E-state index contributed by atoms with van der Waals surface area (Å²) in [5.74, 6) is 0.307. The van der Waals surface area contributed by atoms with E-state index in [0.717, 1.165) is 0 Å². The van der Waals surface area contributed by atoms with Crippen LogP contribution in [0.5, 0.6) is 5.75 Å². The van der Waals surface area contributed by atoms with E-state index in [-0.39, 0.29) is 23.9 Å². The molecule has 6 nitrogen and oxygen atoms in total. The molecule has 0 aliphatic carbocycles. The van der Waals surface area contributed by atoms with Gasteiger partial charge in [0.1, 0.15) is 5.75 Å². The summed E-state index contributed by atoms with van der Waals surface area (Å²) in [5.41, 5.74) is 0.675. The van der Waals surface area contributed by atoms with Gasteiger partial charge in [-0.05, 0) is 37.2 Å². The summed E-state index contributed by atoms with van der Waals surface area (Å²) in [6.07, 6.45) is 0.0442. The predicted molar refractivity (Wildman–Crippen MR) is 97.0 cm³/mol. The van der Waals surface area contributed by atoms with Crippen molar-refractivity contribution in [2.75, 3.05) is 18.5 Å². The van der Waals surface area contributed by atoms with Gasteiger partial charge in [0.05, 0.1) is 25.3 Å². The van der Waals surface area contributed by atoms with Gasteiger partial charge in [0.25, 0.3) is 0 Å². The van der Waals surface area contributed by atoms with Crippen LogP contribution in [0, 0.1) is 5.92 Å². The van der Waals surface area contributed by atoms with Crippen molar-refractivity contribution in [2.45, 2.75) is 33.6 Å².